The SMILES string of the molecule is Cn1c2ccccc2c2cc(-c3ccc4c(c3)c3ccccc3n4N)ccc21. The fourth-order valence-electron chi connectivity index (χ4n) is 4.53. The number of para-hydroxylation sites is 2. The summed E-state index contributed by atoms with van der Waals surface area (Å²) in [4.78, 5) is 0. The Balaban J connectivity index is 1.63. The second-order valence-electron chi connectivity index (χ2n) is 7.43. The van der Waals surface area contributed by atoms with Crippen LogP contribution in [0, 0.1) is 0 Å². The number of hydrogen-bond donors (Lipinski definition) is 1. The van der Waals surface area contributed by atoms with Gasteiger partial charge >= 0.3 is 0 Å². The number of hydrogen-bond acceptors (Lipinski definition) is 1. The first-order chi connectivity index (χ1) is 13.7. The molecule has 134 valence electrons. The molecule has 0 saturated carbocycles. The van der Waals surface area contributed by atoms with Crippen molar-refractivity contribution in [1.82, 2.24) is 9.24 Å². The first kappa shape index (κ1) is 15.3. The van der Waals surface area contributed by atoms with Crippen LogP contribution in [0.15, 0.2) is 84.9 Å². The van der Waals surface area contributed by atoms with Crippen molar-refractivity contribution in [3.8, 4) is 11.1 Å². The molecule has 0 radical (unpaired) electrons. The first-order valence-corrected chi connectivity index (χ1v) is 9.48. The maximum absolute atomic E-state index is 6.32. The second-order valence-corrected chi connectivity index (χ2v) is 7.43. The summed E-state index contributed by atoms with van der Waals surface area (Å²) in [7, 11) is 2.13. The van der Waals surface area contributed by atoms with Crippen LogP contribution in [0.2, 0.25) is 0 Å². The van der Waals surface area contributed by atoms with Crippen molar-refractivity contribution < 1.29 is 0 Å². The lowest BCUT2D eigenvalue weighted by atomic mass is 10.0. The van der Waals surface area contributed by atoms with Gasteiger partial charge in [0, 0.05) is 39.6 Å². The summed E-state index contributed by atoms with van der Waals surface area (Å²) in [6.07, 6.45) is 0. The second kappa shape index (κ2) is 5.40. The van der Waals surface area contributed by atoms with E-state index in [0.29, 0.717) is 0 Å². The monoisotopic (exact) mass is 361 g/mol. The van der Waals surface area contributed by atoms with E-state index in [1.165, 1.54) is 43.7 Å². The highest BCUT2D eigenvalue weighted by molar-refractivity contribution is 6.11. The van der Waals surface area contributed by atoms with E-state index in [1.54, 1.807) is 4.68 Å². The van der Waals surface area contributed by atoms with E-state index < -0.39 is 0 Å². The topological polar surface area (TPSA) is 35.9 Å². The summed E-state index contributed by atoms with van der Waals surface area (Å²) < 4.78 is 4.04. The van der Waals surface area contributed by atoms with Gasteiger partial charge < -0.3 is 10.4 Å². The fraction of sp³-hybridized carbons (Fsp3) is 0.0400. The average Bonchev–Trinajstić information content (AvgIpc) is 3.20. The van der Waals surface area contributed by atoms with Gasteiger partial charge in [-0.1, -0.05) is 48.5 Å². The molecule has 3 nitrogen and oxygen atoms in total. The Morgan fingerprint density at radius 1 is 0.536 bits per heavy atom. The fourth-order valence-corrected chi connectivity index (χ4v) is 4.53. The summed E-state index contributed by atoms with van der Waals surface area (Å²) >= 11 is 0. The molecule has 6 aromatic rings. The van der Waals surface area contributed by atoms with Crippen LogP contribution in [0.5, 0.6) is 0 Å². The van der Waals surface area contributed by atoms with Crippen LogP contribution in [-0.4, -0.2) is 9.24 Å². The third-order valence-corrected chi connectivity index (χ3v) is 5.96. The lowest BCUT2D eigenvalue weighted by Gasteiger charge is -2.05. The van der Waals surface area contributed by atoms with Crippen LogP contribution in [0.4, 0.5) is 0 Å². The van der Waals surface area contributed by atoms with Gasteiger partial charge in [0.05, 0.1) is 11.0 Å². The van der Waals surface area contributed by atoms with E-state index in [0.717, 1.165) is 11.0 Å². The lowest BCUT2D eigenvalue weighted by Crippen LogP contribution is -2.06. The van der Waals surface area contributed by atoms with E-state index in [4.69, 9.17) is 5.84 Å². The Morgan fingerprint density at radius 3 is 1.71 bits per heavy atom. The molecule has 0 bridgehead atoms. The number of benzene rings is 4. The average molecular weight is 361 g/mol. The van der Waals surface area contributed by atoms with Gasteiger partial charge in [0.1, 0.15) is 0 Å². The van der Waals surface area contributed by atoms with Crippen molar-refractivity contribution in [2.75, 3.05) is 5.84 Å². The molecule has 0 amide bonds. The Labute approximate surface area is 162 Å². The maximum Gasteiger partial charge on any atom is 0.0704 e. The molecular formula is C25H19N3. The van der Waals surface area contributed by atoms with E-state index in [9.17, 15) is 0 Å². The van der Waals surface area contributed by atoms with Gasteiger partial charge in [-0.15, -0.1) is 0 Å². The number of nitrogen functional groups attached to an aromatic ring is 1. The minimum atomic E-state index is 1.05. The molecule has 0 aliphatic carbocycles. The molecule has 0 saturated heterocycles. The zero-order valence-electron chi connectivity index (χ0n) is 15.6. The zero-order valence-corrected chi connectivity index (χ0v) is 15.6. The molecular weight excluding hydrogens is 342 g/mol. The van der Waals surface area contributed by atoms with Gasteiger partial charge in [-0.25, -0.2) is 0 Å². The van der Waals surface area contributed by atoms with Gasteiger partial charge in [-0.2, -0.15) is 0 Å². The van der Waals surface area contributed by atoms with Crippen LogP contribution in [0.3, 0.4) is 0 Å². The summed E-state index contributed by atoms with van der Waals surface area (Å²) in [5, 5.41) is 4.96. The van der Waals surface area contributed by atoms with Crippen LogP contribution in [0.1, 0.15) is 0 Å². The predicted molar refractivity (Wildman–Crippen MR) is 119 cm³/mol. The van der Waals surface area contributed by atoms with Gasteiger partial charge in [0.25, 0.3) is 0 Å². The summed E-state index contributed by atoms with van der Waals surface area (Å²) in [6, 6.07) is 30.2. The largest absolute Gasteiger partial charge is 0.344 e. The van der Waals surface area contributed by atoms with Gasteiger partial charge in [-0.05, 0) is 47.5 Å². The number of nitrogens with zero attached hydrogens (tertiary/aromatic N) is 2. The standard InChI is InChI=1S/C25H19N3/c1-27-22-8-4-2-6-18(22)20-14-16(10-12-23(20)27)17-11-13-25-21(15-17)19-7-3-5-9-24(19)28(25)26/h2-15H,26H2,1H3. The number of rotatable bonds is 1. The van der Waals surface area contributed by atoms with Crippen molar-refractivity contribution in [2.45, 2.75) is 0 Å². The Morgan fingerprint density at radius 2 is 1.00 bits per heavy atom. The number of nitrogens with two attached hydrogens (primary N) is 1. The van der Waals surface area contributed by atoms with Crippen LogP contribution in [-0.2, 0) is 7.05 Å². The van der Waals surface area contributed by atoms with Crippen molar-refractivity contribution >= 4 is 43.6 Å². The summed E-state index contributed by atoms with van der Waals surface area (Å²) in [5.74, 6) is 6.32. The number of fused-ring (bicyclic) bond motifs is 6. The lowest BCUT2D eigenvalue weighted by molar-refractivity contribution is 1.01. The predicted octanol–water partition coefficient (Wildman–Crippen LogP) is 5.82. The highest BCUT2D eigenvalue weighted by Crippen LogP contribution is 2.34. The Kier molecular flexibility index (Phi) is 2.96. The molecule has 0 spiro atoms. The molecule has 2 aromatic heterocycles. The third kappa shape index (κ3) is 1.93. The zero-order chi connectivity index (χ0) is 18.8. The summed E-state index contributed by atoms with van der Waals surface area (Å²) in [6.45, 7) is 0. The van der Waals surface area contributed by atoms with Gasteiger partial charge in [0.15, 0.2) is 0 Å². The molecule has 0 fully saturated rings. The molecule has 4 aromatic carbocycles. The molecule has 0 aliphatic heterocycles. The molecule has 2 heterocycles. The van der Waals surface area contributed by atoms with Crippen molar-refractivity contribution in [1.29, 1.82) is 0 Å². The molecule has 6 rings (SSSR count). The van der Waals surface area contributed by atoms with E-state index in [-0.39, 0.29) is 0 Å². The highest BCUT2D eigenvalue weighted by Gasteiger charge is 2.12. The van der Waals surface area contributed by atoms with Crippen LogP contribution >= 0.6 is 0 Å². The quantitative estimate of drug-likeness (QED) is 0.368. The Hall–Kier alpha value is -3.72. The van der Waals surface area contributed by atoms with Crippen LogP contribution in [0.25, 0.3) is 54.7 Å². The molecule has 0 atom stereocenters. The molecule has 0 aliphatic rings. The van der Waals surface area contributed by atoms with E-state index in [2.05, 4.69) is 90.5 Å². The molecule has 2 N–H and O–H groups in total. The Bertz CT molecular complexity index is 1410. The third-order valence-electron chi connectivity index (χ3n) is 5.96. The van der Waals surface area contributed by atoms with E-state index >= 15 is 0 Å². The molecule has 0 unspecified atom stereocenters. The van der Waals surface area contributed by atoms with Crippen molar-refractivity contribution in [3.05, 3.63) is 84.9 Å². The van der Waals surface area contributed by atoms with Gasteiger partial charge in [0.2, 0.25) is 0 Å². The smallest absolute Gasteiger partial charge is 0.0704 e. The van der Waals surface area contributed by atoms with Crippen molar-refractivity contribution in [2.24, 2.45) is 7.05 Å². The highest BCUT2D eigenvalue weighted by atomic mass is 15.3. The molecule has 28 heavy (non-hydrogen) atoms. The summed E-state index contributed by atoms with van der Waals surface area (Å²) in [5.41, 5.74) is 7.05. The van der Waals surface area contributed by atoms with E-state index in [1.807, 2.05) is 6.07 Å². The maximum atomic E-state index is 6.32. The minimum absolute atomic E-state index is 1.05. The van der Waals surface area contributed by atoms with Crippen LogP contribution < -0.4 is 5.84 Å². The van der Waals surface area contributed by atoms with Gasteiger partial charge in [-0.3, -0.25) is 4.68 Å². The number of aromatic nitrogens is 2. The minimum Gasteiger partial charge on any atom is -0.344 e. The van der Waals surface area contributed by atoms with Crippen molar-refractivity contribution in [3.63, 3.8) is 0 Å². The molecule has 3 heteroatoms. The normalized spacial score (nSPS) is 11.9. The first-order valence-electron chi connectivity index (χ1n) is 9.48. The number of aryl methyl sites for hydroxylation is 1.